The first kappa shape index (κ1) is 20.1. The summed E-state index contributed by atoms with van der Waals surface area (Å²) in [7, 11) is 3.82. The van der Waals surface area contributed by atoms with Gasteiger partial charge in [0.05, 0.1) is 11.2 Å². The van der Waals surface area contributed by atoms with Crippen LogP contribution in [0.1, 0.15) is 45.7 Å². The molecule has 2 heterocycles. The van der Waals surface area contributed by atoms with Gasteiger partial charge in [-0.3, -0.25) is 4.79 Å². The average molecular weight is 419 g/mol. The fourth-order valence-electron chi connectivity index (χ4n) is 5.33. The van der Waals surface area contributed by atoms with Crippen LogP contribution in [0.2, 0.25) is 0 Å². The van der Waals surface area contributed by atoms with Crippen molar-refractivity contribution in [3.63, 3.8) is 0 Å². The van der Waals surface area contributed by atoms with Gasteiger partial charge in [0.1, 0.15) is 11.3 Å². The number of hydrogen-bond acceptors (Lipinski definition) is 4. The molecule has 2 aromatic carbocycles. The van der Waals surface area contributed by atoms with Crippen LogP contribution in [0.4, 0.5) is 5.69 Å². The van der Waals surface area contributed by atoms with Crippen LogP contribution in [-0.2, 0) is 26.3 Å². The van der Waals surface area contributed by atoms with Gasteiger partial charge in [0.15, 0.2) is 0 Å². The second-order valence-corrected chi connectivity index (χ2v) is 9.19. The highest BCUT2D eigenvalue weighted by Crippen LogP contribution is 2.44. The molecule has 0 atom stereocenters. The number of amides is 1. The van der Waals surface area contributed by atoms with E-state index in [2.05, 4.69) is 34.1 Å². The lowest BCUT2D eigenvalue weighted by atomic mass is 9.82. The van der Waals surface area contributed by atoms with E-state index in [9.17, 15) is 9.90 Å². The van der Waals surface area contributed by atoms with Gasteiger partial charge in [-0.15, -0.1) is 0 Å². The first-order chi connectivity index (χ1) is 14.9. The second kappa shape index (κ2) is 7.38. The smallest absolute Gasteiger partial charge is 0.254 e. The summed E-state index contributed by atoms with van der Waals surface area (Å²) in [5.41, 5.74) is 7.62. The Bertz CT molecular complexity index is 1150. The number of benzene rings is 2. The zero-order valence-corrected chi connectivity index (χ0v) is 18.5. The van der Waals surface area contributed by atoms with Crippen molar-refractivity contribution in [1.29, 1.82) is 0 Å². The molecule has 1 aliphatic heterocycles. The Morgan fingerprint density at radius 3 is 2.68 bits per heavy atom. The highest BCUT2D eigenvalue weighted by atomic mass is 16.3. The molecule has 1 amide bonds. The summed E-state index contributed by atoms with van der Waals surface area (Å²) in [6.45, 7) is 2.63. The van der Waals surface area contributed by atoms with Crippen LogP contribution >= 0.6 is 0 Å². The van der Waals surface area contributed by atoms with Crippen molar-refractivity contribution < 1.29 is 9.90 Å². The average Bonchev–Trinajstić information content (AvgIpc) is 3.27. The number of carbonyl (C=O) groups excluding carboxylic acids is 1. The van der Waals surface area contributed by atoms with Gasteiger partial charge in [-0.2, -0.15) is 0 Å². The number of anilines is 1. The molecule has 0 saturated heterocycles. The normalized spacial score (nSPS) is 16.3. The molecular formula is C25H30N4O2. The molecule has 1 spiro atoms. The Balaban J connectivity index is 1.60. The van der Waals surface area contributed by atoms with Gasteiger partial charge in [-0.05, 0) is 61.8 Å². The molecule has 1 aliphatic carbocycles. The molecule has 2 aliphatic rings. The molecule has 6 heteroatoms. The molecule has 162 valence electrons. The van der Waals surface area contributed by atoms with Gasteiger partial charge in [-0.25, -0.2) is 4.98 Å². The molecule has 0 unspecified atom stereocenters. The Kier molecular flexibility index (Phi) is 4.77. The summed E-state index contributed by atoms with van der Waals surface area (Å²) in [5, 5.41) is 13.1. The number of aliphatic hydroxyl groups excluding tert-OH is 1. The zero-order chi connectivity index (χ0) is 21.8. The van der Waals surface area contributed by atoms with Crippen LogP contribution in [0.5, 0.6) is 0 Å². The van der Waals surface area contributed by atoms with E-state index in [1.165, 1.54) is 11.1 Å². The molecule has 0 fully saturated rings. The number of nitrogens with one attached hydrogen (secondary N) is 1. The quantitative estimate of drug-likeness (QED) is 0.683. The van der Waals surface area contributed by atoms with Crippen molar-refractivity contribution >= 4 is 22.6 Å². The predicted octanol–water partition coefficient (Wildman–Crippen LogP) is 3.23. The summed E-state index contributed by atoms with van der Waals surface area (Å²) < 4.78 is 2.06. The SMILES string of the molecule is Cc1nc2c3c(c(C(=O)N(C)CCCO)cc2n1C)CCC1(Cc2ccccc2C1)N3. The number of hydrogen-bond donors (Lipinski definition) is 2. The lowest BCUT2D eigenvalue weighted by molar-refractivity contribution is 0.0785. The lowest BCUT2D eigenvalue weighted by Crippen LogP contribution is -2.43. The fraction of sp³-hybridized carbons (Fsp3) is 0.440. The summed E-state index contributed by atoms with van der Waals surface area (Å²) >= 11 is 0. The third kappa shape index (κ3) is 3.21. The molecule has 1 aromatic heterocycles. The summed E-state index contributed by atoms with van der Waals surface area (Å²) in [4.78, 5) is 19.9. The topological polar surface area (TPSA) is 70.4 Å². The third-order valence-corrected chi connectivity index (χ3v) is 7.16. The van der Waals surface area contributed by atoms with E-state index in [0.29, 0.717) is 13.0 Å². The van der Waals surface area contributed by atoms with Crippen LogP contribution in [0.3, 0.4) is 0 Å². The Morgan fingerprint density at radius 1 is 1.29 bits per heavy atom. The van der Waals surface area contributed by atoms with Gasteiger partial charge in [0.2, 0.25) is 0 Å². The number of fused-ring (bicyclic) bond motifs is 4. The molecule has 3 aromatic rings. The summed E-state index contributed by atoms with van der Waals surface area (Å²) in [6.07, 6.45) is 4.44. The minimum absolute atomic E-state index is 0.0120. The molecule has 0 saturated carbocycles. The van der Waals surface area contributed by atoms with Crippen LogP contribution in [0.15, 0.2) is 30.3 Å². The molecule has 2 N–H and O–H groups in total. The zero-order valence-electron chi connectivity index (χ0n) is 18.5. The van der Waals surface area contributed by atoms with Crippen molar-refractivity contribution in [1.82, 2.24) is 14.5 Å². The lowest BCUT2D eigenvalue weighted by Gasteiger charge is -2.38. The number of rotatable bonds is 4. The number of carbonyl (C=O) groups is 1. The maximum Gasteiger partial charge on any atom is 0.254 e. The minimum Gasteiger partial charge on any atom is -0.396 e. The molecule has 0 bridgehead atoms. The van der Waals surface area contributed by atoms with Crippen LogP contribution < -0.4 is 5.32 Å². The standard InChI is InChI=1S/C25H30N4O2/c1-16-26-23-21(29(16)3)13-20(24(31)28(2)11-6-12-30)19-9-10-25(27-22(19)23)14-17-7-4-5-8-18(17)15-25/h4-5,7-8,13,27,30H,6,9-12,14-15H2,1-3H3. The van der Waals surface area contributed by atoms with Crippen molar-refractivity contribution in [2.24, 2.45) is 7.05 Å². The number of aryl methyl sites for hydroxylation is 2. The highest BCUT2D eigenvalue weighted by Gasteiger charge is 2.41. The third-order valence-electron chi connectivity index (χ3n) is 7.16. The molecular weight excluding hydrogens is 388 g/mol. The number of nitrogens with zero attached hydrogens (tertiary/aromatic N) is 3. The maximum absolute atomic E-state index is 13.4. The number of imidazole rings is 1. The van der Waals surface area contributed by atoms with Gasteiger partial charge in [0.25, 0.3) is 5.91 Å². The largest absolute Gasteiger partial charge is 0.396 e. The number of aromatic nitrogens is 2. The highest BCUT2D eigenvalue weighted by molar-refractivity contribution is 6.04. The summed E-state index contributed by atoms with van der Waals surface area (Å²) in [5.74, 6) is 0.949. The molecule has 5 rings (SSSR count). The van der Waals surface area contributed by atoms with Gasteiger partial charge >= 0.3 is 0 Å². The molecule has 6 nitrogen and oxygen atoms in total. The first-order valence-electron chi connectivity index (χ1n) is 11.1. The summed E-state index contributed by atoms with van der Waals surface area (Å²) in [6, 6.07) is 10.7. The van der Waals surface area contributed by atoms with E-state index in [4.69, 9.17) is 4.98 Å². The van der Waals surface area contributed by atoms with Gasteiger partial charge in [0, 0.05) is 38.3 Å². The fourth-order valence-corrected chi connectivity index (χ4v) is 5.33. The Morgan fingerprint density at radius 2 is 2.00 bits per heavy atom. The predicted molar refractivity (Wildman–Crippen MR) is 123 cm³/mol. The first-order valence-corrected chi connectivity index (χ1v) is 11.1. The monoisotopic (exact) mass is 418 g/mol. The molecule has 31 heavy (non-hydrogen) atoms. The molecule has 0 radical (unpaired) electrons. The van der Waals surface area contributed by atoms with Crippen LogP contribution in [-0.4, -0.2) is 51.2 Å². The van der Waals surface area contributed by atoms with E-state index < -0.39 is 0 Å². The Hall–Kier alpha value is -2.86. The number of aliphatic hydroxyl groups is 1. The van der Waals surface area contributed by atoms with E-state index in [0.717, 1.165) is 59.4 Å². The van der Waals surface area contributed by atoms with Gasteiger partial charge < -0.3 is 19.9 Å². The van der Waals surface area contributed by atoms with E-state index >= 15 is 0 Å². The second-order valence-electron chi connectivity index (χ2n) is 9.19. The van der Waals surface area contributed by atoms with E-state index in [1.807, 2.05) is 27.1 Å². The van der Waals surface area contributed by atoms with E-state index in [1.54, 1.807) is 4.90 Å². The minimum atomic E-state index is -0.0144. The van der Waals surface area contributed by atoms with Crippen molar-refractivity contribution in [3.05, 3.63) is 58.4 Å². The van der Waals surface area contributed by atoms with Crippen molar-refractivity contribution in [2.45, 2.75) is 44.6 Å². The Labute approximate surface area is 182 Å². The van der Waals surface area contributed by atoms with Crippen molar-refractivity contribution in [3.8, 4) is 0 Å². The van der Waals surface area contributed by atoms with Crippen LogP contribution in [0, 0.1) is 6.92 Å². The van der Waals surface area contributed by atoms with Gasteiger partial charge in [-0.1, -0.05) is 24.3 Å². The maximum atomic E-state index is 13.4. The van der Waals surface area contributed by atoms with Crippen LogP contribution in [0.25, 0.3) is 11.0 Å². The van der Waals surface area contributed by atoms with E-state index in [-0.39, 0.29) is 18.1 Å². The van der Waals surface area contributed by atoms with Crippen molar-refractivity contribution in [2.75, 3.05) is 25.5 Å².